The molecular weight excluding hydrogens is 216 g/mol. The van der Waals surface area contributed by atoms with Crippen molar-refractivity contribution in [2.45, 2.75) is 25.7 Å². The van der Waals surface area contributed by atoms with E-state index < -0.39 is 11.8 Å². The predicted molar refractivity (Wildman–Crippen MR) is 63.9 cm³/mol. The molecule has 0 fully saturated rings. The van der Waals surface area contributed by atoms with E-state index in [2.05, 4.69) is 0 Å². The summed E-state index contributed by atoms with van der Waals surface area (Å²) in [6.07, 6.45) is 3.03. The van der Waals surface area contributed by atoms with Gasteiger partial charge in [0.25, 0.3) is 5.78 Å². The Balaban J connectivity index is 2.08. The molecule has 3 heteroatoms. The summed E-state index contributed by atoms with van der Waals surface area (Å²) in [5.41, 5.74) is 2.80. The van der Waals surface area contributed by atoms with Crippen LogP contribution < -0.4 is 0 Å². The molecule has 0 saturated carbocycles. The number of aliphatic carboxylic acids is 1. The molecule has 0 radical (unpaired) electrons. The Hall–Kier alpha value is -1.90. The van der Waals surface area contributed by atoms with Gasteiger partial charge in [-0.25, -0.2) is 4.79 Å². The monoisotopic (exact) mass is 230 g/mol. The minimum absolute atomic E-state index is 0.244. The van der Waals surface area contributed by atoms with Crippen molar-refractivity contribution in [2.75, 3.05) is 0 Å². The third kappa shape index (κ3) is 2.44. The summed E-state index contributed by atoms with van der Waals surface area (Å²) in [6.45, 7) is 2.02. The van der Waals surface area contributed by atoms with Crippen LogP contribution >= 0.6 is 0 Å². The van der Waals surface area contributed by atoms with Gasteiger partial charge in [0.2, 0.25) is 0 Å². The summed E-state index contributed by atoms with van der Waals surface area (Å²) < 4.78 is 0. The number of hydrogen-bond donors (Lipinski definition) is 1. The van der Waals surface area contributed by atoms with Gasteiger partial charge in [-0.3, -0.25) is 4.79 Å². The maximum Gasteiger partial charge on any atom is 0.376 e. The molecule has 2 rings (SSSR count). The highest BCUT2D eigenvalue weighted by Gasteiger charge is 2.26. The molecule has 17 heavy (non-hydrogen) atoms. The normalized spacial score (nSPS) is 18.9. The third-order valence-electron chi connectivity index (χ3n) is 3.15. The lowest BCUT2D eigenvalue weighted by Crippen LogP contribution is -2.14. The molecule has 0 bridgehead atoms. The number of carbonyl (C=O) groups excluding carboxylic acids is 1. The van der Waals surface area contributed by atoms with Crippen LogP contribution in [0.25, 0.3) is 0 Å². The molecule has 88 valence electrons. The Morgan fingerprint density at radius 1 is 1.24 bits per heavy atom. The van der Waals surface area contributed by atoms with Crippen LogP contribution in [0.1, 0.15) is 29.9 Å². The highest BCUT2D eigenvalue weighted by Crippen LogP contribution is 2.34. The van der Waals surface area contributed by atoms with Gasteiger partial charge >= 0.3 is 5.97 Å². The molecule has 1 aromatic rings. The summed E-state index contributed by atoms with van der Waals surface area (Å²) in [5, 5.41) is 8.65. The zero-order valence-electron chi connectivity index (χ0n) is 9.64. The average Bonchev–Trinajstić information content (AvgIpc) is 2.78. The molecule has 1 atom stereocenters. The number of ketones is 1. The molecule has 0 amide bonds. The van der Waals surface area contributed by atoms with Crippen molar-refractivity contribution < 1.29 is 14.7 Å². The van der Waals surface area contributed by atoms with Crippen molar-refractivity contribution in [1.29, 1.82) is 0 Å². The van der Waals surface area contributed by atoms with E-state index in [4.69, 9.17) is 5.11 Å². The zero-order chi connectivity index (χ0) is 12.4. The standard InChI is InChI=1S/C14H14O3/c1-9-2-4-10(5-3-9)11-6-7-12(8-11)13(15)14(16)17/h2-5,7,11H,6,8H2,1H3,(H,16,17). The largest absolute Gasteiger partial charge is 0.475 e. The van der Waals surface area contributed by atoms with Crippen LogP contribution in [0, 0.1) is 6.92 Å². The van der Waals surface area contributed by atoms with E-state index in [9.17, 15) is 9.59 Å². The van der Waals surface area contributed by atoms with Crippen molar-refractivity contribution in [3.63, 3.8) is 0 Å². The fraction of sp³-hybridized carbons (Fsp3) is 0.286. The van der Waals surface area contributed by atoms with Crippen LogP contribution in [0.2, 0.25) is 0 Å². The van der Waals surface area contributed by atoms with E-state index in [1.165, 1.54) is 11.1 Å². The number of hydrogen-bond acceptors (Lipinski definition) is 2. The maximum absolute atomic E-state index is 11.3. The van der Waals surface area contributed by atoms with Crippen LogP contribution in [-0.2, 0) is 9.59 Å². The van der Waals surface area contributed by atoms with Crippen molar-refractivity contribution in [3.05, 3.63) is 47.0 Å². The third-order valence-corrected chi connectivity index (χ3v) is 3.15. The van der Waals surface area contributed by atoms with Crippen LogP contribution in [-0.4, -0.2) is 16.9 Å². The molecule has 1 unspecified atom stereocenters. The van der Waals surface area contributed by atoms with Gasteiger partial charge in [-0.05, 0) is 31.2 Å². The minimum atomic E-state index is -1.36. The lowest BCUT2D eigenvalue weighted by atomic mass is 9.94. The van der Waals surface area contributed by atoms with Crippen molar-refractivity contribution >= 4 is 11.8 Å². The van der Waals surface area contributed by atoms with Crippen molar-refractivity contribution in [2.24, 2.45) is 0 Å². The zero-order valence-corrected chi connectivity index (χ0v) is 9.64. The topological polar surface area (TPSA) is 54.4 Å². The number of aryl methyl sites for hydroxylation is 1. The number of allylic oxidation sites excluding steroid dienone is 1. The van der Waals surface area contributed by atoms with Crippen molar-refractivity contribution in [1.82, 2.24) is 0 Å². The van der Waals surface area contributed by atoms with Gasteiger partial charge in [-0.15, -0.1) is 0 Å². The molecule has 0 heterocycles. The lowest BCUT2D eigenvalue weighted by molar-refractivity contribution is -0.147. The van der Waals surface area contributed by atoms with Gasteiger partial charge in [0.15, 0.2) is 0 Å². The van der Waals surface area contributed by atoms with E-state index in [0.717, 1.165) is 6.42 Å². The first-order valence-electron chi connectivity index (χ1n) is 5.61. The summed E-state index contributed by atoms with van der Waals surface area (Å²) in [6, 6.07) is 8.16. The molecule has 0 aromatic heterocycles. The minimum Gasteiger partial charge on any atom is -0.475 e. The van der Waals surface area contributed by atoms with Gasteiger partial charge in [-0.2, -0.15) is 0 Å². The smallest absolute Gasteiger partial charge is 0.376 e. The Bertz CT molecular complexity index is 483. The number of benzene rings is 1. The average molecular weight is 230 g/mol. The van der Waals surface area contributed by atoms with Crippen molar-refractivity contribution in [3.8, 4) is 0 Å². The fourth-order valence-corrected chi connectivity index (χ4v) is 2.13. The number of Topliss-reactive ketones (excluding diaryl/α,β-unsaturated/α-hetero) is 1. The predicted octanol–water partition coefficient (Wildman–Crippen LogP) is 2.45. The van der Waals surface area contributed by atoms with E-state index in [-0.39, 0.29) is 5.92 Å². The van der Waals surface area contributed by atoms with Crippen LogP contribution in [0.15, 0.2) is 35.9 Å². The molecule has 0 aliphatic heterocycles. The van der Waals surface area contributed by atoms with Gasteiger partial charge < -0.3 is 5.11 Å². The molecule has 1 aliphatic carbocycles. The Morgan fingerprint density at radius 2 is 1.88 bits per heavy atom. The highest BCUT2D eigenvalue weighted by atomic mass is 16.4. The van der Waals surface area contributed by atoms with E-state index in [1.807, 2.05) is 31.2 Å². The molecule has 0 spiro atoms. The van der Waals surface area contributed by atoms with Gasteiger partial charge in [-0.1, -0.05) is 35.9 Å². The van der Waals surface area contributed by atoms with Crippen LogP contribution in [0.4, 0.5) is 0 Å². The van der Waals surface area contributed by atoms with Gasteiger partial charge in [0.1, 0.15) is 0 Å². The Morgan fingerprint density at radius 3 is 2.47 bits per heavy atom. The summed E-state index contributed by atoms with van der Waals surface area (Å²) in [5.74, 6) is -1.88. The summed E-state index contributed by atoms with van der Waals surface area (Å²) in [4.78, 5) is 21.9. The Kier molecular flexibility index (Phi) is 3.09. The number of carboxylic acid groups (broad SMARTS) is 1. The molecule has 1 aliphatic rings. The quantitative estimate of drug-likeness (QED) is 0.811. The second kappa shape index (κ2) is 4.53. The number of rotatable bonds is 3. The Labute approximate surface area is 99.8 Å². The first kappa shape index (κ1) is 11.6. The second-order valence-corrected chi connectivity index (χ2v) is 4.41. The van der Waals surface area contributed by atoms with Gasteiger partial charge in [0.05, 0.1) is 0 Å². The fourth-order valence-electron chi connectivity index (χ4n) is 2.13. The van der Waals surface area contributed by atoms with E-state index in [1.54, 1.807) is 6.08 Å². The highest BCUT2D eigenvalue weighted by molar-refractivity contribution is 6.39. The van der Waals surface area contributed by atoms with Crippen LogP contribution in [0.5, 0.6) is 0 Å². The number of carbonyl (C=O) groups is 2. The SMILES string of the molecule is Cc1ccc(C2CC=C(C(=O)C(=O)O)C2)cc1. The lowest BCUT2D eigenvalue weighted by Gasteiger charge is -2.10. The van der Waals surface area contributed by atoms with E-state index >= 15 is 0 Å². The molecule has 1 aromatic carbocycles. The first-order valence-corrected chi connectivity index (χ1v) is 5.61. The van der Waals surface area contributed by atoms with Gasteiger partial charge in [0, 0.05) is 5.57 Å². The number of carboxylic acids is 1. The first-order chi connectivity index (χ1) is 8.08. The molecular formula is C14H14O3. The van der Waals surface area contributed by atoms with Crippen LogP contribution in [0.3, 0.4) is 0 Å². The molecule has 1 N–H and O–H groups in total. The summed E-state index contributed by atoms with van der Waals surface area (Å²) in [7, 11) is 0. The maximum atomic E-state index is 11.3. The summed E-state index contributed by atoms with van der Waals surface area (Å²) >= 11 is 0. The molecule has 0 saturated heterocycles. The van der Waals surface area contributed by atoms with E-state index in [0.29, 0.717) is 12.0 Å². The second-order valence-electron chi connectivity index (χ2n) is 4.41. The molecule has 3 nitrogen and oxygen atoms in total.